The zero-order valence-corrected chi connectivity index (χ0v) is 13.4. The molecular weight excluding hydrogens is 280 g/mol. The lowest BCUT2D eigenvalue weighted by Gasteiger charge is -2.20. The Morgan fingerprint density at radius 3 is 2.55 bits per heavy atom. The van der Waals surface area contributed by atoms with Crippen LogP contribution < -0.4 is 10.6 Å². The van der Waals surface area contributed by atoms with Gasteiger partial charge in [-0.2, -0.15) is 0 Å². The number of nitrogens with zero attached hydrogens (tertiary/aromatic N) is 2. The summed E-state index contributed by atoms with van der Waals surface area (Å²) in [5, 5.41) is 6.03. The van der Waals surface area contributed by atoms with E-state index >= 15 is 0 Å². The van der Waals surface area contributed by atoms with Crippen molar-refractivity contribution in [2.45, 2.75) is 32.9 Å². The fraction of sp³-hybridized carbons (Fsp3) is 0.375. The molecule has 118 valence electrons. The predicted octanol–water partition coefficient (Wildman–Crippen LogP) is 3.38. The van der Waals surface area contributed by atoms with Gasteiger partial charge in [0.15, 0.2) is 0 Å². The molecule has 1 aromatic heterocycles. The molecule has 1 aromatic carbocycles. The van der Waals surface area contributed by atoms with E-state index in [4.69, 9.17) is 4.74 Å². The number of nitrogens with one attached hydrogen (secondary N) is 2. The van der Waals surface area contributed by atoms with Gasteiger partial charge >= 0.3 is 6.09 Å². The Bertz CT molecular complexity index is 644. The van der Waals surface area contributed by atoms with Gasteiger partial charge in [0, 0.05) is 19.4 Å². The van der Waals surface area contributed by atoms with E-state index < -0.39 is 11.7 Å². The van der Waals surface area contributed by atoms with Crippen LogP contribution in [0.15, 0.2) is 36.7 Å². The molecule has 0 aliphatic rings. The summed E-state index contributed by atoms with van der Waals surface area (Å²) in [4.78, 5) is 16.1. The minimum Gasteiger partial charge on any atom is -0.444 e. The van der Waals surface area contributed by atoms with Crippen molar-refractivity contribution in [3.8, 4) is 0 Å². The Kier molecular flexibility index (Phi) is 4.70. The second-order valence-corrected chi connectivity index (χ2v) is 5.98. The number of hydrogen-bond donors (Lipinski definition) is 2. The highest BCUT2D eigenvalue weighted by Gasteiger charge is 2.17. The number of carbonyl (C=O) groups is 1. The van der Waals surface area contributed by atoms with Crippen molar-refractivity contribution < 1.29 is 9.53 Å². The molecule has 0 saturated carbocycles. The lowest BCUT2D eigenvalue weighted by molar-refractivity contribution is 0.0636. The Hall–Kier alpha value is -2.50. The molecule has 2 rings (SSSR count). The molecule has 0 aliphatic heterocycles. The number of rotatable bonds is 4. The van der Waals surface area contributed by atoms with Crippen LogP contribution in [-0.4, -0.2) is 21.2 Å². The maximum Gasteiger partial charge on any atom is 0.412 e. The molecular formula is C16H22N4O2. The number of aromatic nitrogens is 2. The van der Waals surface area contributed by atoms with E-state index in [1.54, 1.807) is 6.20 Å². The summed E-state index contributed by atoms with van der Waals surface area (Å²) in [7, 11) is 1.94. The third kappa shape index (κ3) is 4.51. The normalized spacial score (nSPS) is 11.1. The Morgan fingerprint density at radius 2 is 1.95 bits per heavy atom. The molecule has 1 amide bonds. The molecule has 0 spiro atoms. The van der Waals surface area contributed by atoms with Crippen LogP contribution in [-0.2, 0) is 18.3 Å². The molecule has 0 radical (unpaired) electrons. The Balaban J connectivity index is 2.03. The quantitative estimate of drug-likeness (QED) is 0.908. The van der Waals surface area contributed by atoms with E-state index in [1.165, 1.54) is 0 Å². The van der Waals surface area contributed by atoms with Crippen LogP contribution in [0.4, 0.5) is 16.2 Å². The van der Waals surface area contributed by atoms with Crippen LogP contribution >= 0.6 is 0 Å². The van der Waals surface area contributed by atoms with Gasteiger partial charge in [-0.15, -0.1) is 0 Å². The molecule has 0 fully saturated rings. The average Bonchev–Trinajstić information content (AvgIpc) is 2.81. The number of aryl methyl sites for hydroxylation is 1. The van der Waals surface area contributed by atoms with E-state index in [9.17, 15) is 4.79 Å². The molecule has 2 N–H and O–H groups in total. The standard InChI is InChI=1S/C16H22N4O2/c1-16(2,3)22-15(21)19-13-8-6-5-7-12(13)18-11-14-17-9-10-20(14)4/h5-10,18H,11H2,1-4H3,(H,19,21). The van der Waals surface area contributed by atoms with Crippen LogP contribution in [0.3, 0.4) is 0 Å². The van der Waals surface area contributed by atoms with Crippen LogP contribution in [0.2, 0.25) is 0 Å². The largest absolute Gasteiger partial charge is 0.444 e. The van der Waals surface area contributed by atoms with Gasteiger partial charge in [0.05, 0.1) is 17.9 Å². The van der Waals surface area contributed by atoms with Crippen LogP contribution in [0, 0.1) is 0 Å². The molecule has 1 heterocycles. The van der Waals surface area contributed by atoms with Gasteiger partial charge in [0.25, 0.3) is 0 Å². The molecule has 6 heteroatoms. The molecule has 6 nitrogen and oxygen atoms in total. The number of benzene rings is 1. The van der Waals surface area contributed by atoms with Gasteiger partial charge in [-0.1, -0.05) is 12.1 Å². The second-order valence-electron chi connectivity index (χ2n) is 5.98. The first kappa shape index (κ1) is 15.9. The van der Waals surface area contributed by atoms with Gasteiger partial charge in [0.2, 0.25) is 0 Å². The molecule has 0 unspecified atom stereocenters. The van der Waals surface area contributed by atoms with Gasteiger partial charge in [0.1, 0.15) is 11.4 Å². The monoisotopic (exact) mass is 302 g/mol. The summed E-state index contributed by atoms with van der Waals surface area (Å²) < 4.78 is 7.21. The highest BCUT2D eigenvalue weighted by molar-refractivity contribution is 5.89. The van der Waals surface area contributed by atoms with Crippen LogP contribution in [0.25, 0.3) is 0 Å². The van der Waals surface area contributed by atoms with Crippen molar-refractivity contribution in [2.24, 2.45) is 7.05 Å². The lowest BCUT2D eigenvalue weighted by Crippen LogP contribution is -2.27. The SMILES string of the molecule is Cn1ccnc1CNc1ccccc1NC(=O)OC(C)(C)C. The number of ether oxygens (including phenoxy) is 1. The average molecular weight is 302 g/mol. The summed E-state index contributed by atoms with van der Waals surface area (Å²) in [6.07, 6.45) is 3.17. The summed E-state index contributed by atoms with van der Waals surface area (Å²) in [6.45, 7) is 6.06. The first-order valence-corrected chi connectivity index (χ1v) is 7.14. The number of hydrogen-bond acceptors (Lipinski definition) is 4. The first-order valence-electron chi connectivity index (χ1n) is 7.14. The summed E-state index contributed by atoms with van der Waals surface area (Å²) in [5.41, 5.74) is 0.960. The zero-order chi connectivity index (χ0) is 16.2. The van der Waals surface area contributed by atoms with E-state index in [1.807, 2.05) is 62.8 Å². The van der Waals surface area contributed by atoms with Crippen molar-refractivity contribution in [2.75, 3.05) is 10.6 Å². The van der Waals surface area contributed by atoms with E-state index in [2.05, 4.69) is 15.6 Å². The van der Waals surface area contributed by atoms with E-state index in [-0.39, 0.29) is 0 Å². The summed E-state index contributed by atoms with van der Waals surface area (Å²) in [6, 6.07) is 7.49. The summed E-state index contributed by atoms with van der Waals surface area (Å²) >= 11 is 0. The third-order valence-electron chi connectivity index (χ3n) is 2.92. The summed E-state index contributed by atoms with van der Waals surface area (Å²) in [5.74, 6) is 0.909. The Morgan fingerprint density at radius 1 is 1.27 bits per heavy atom. The minimum absolute atomic E-state index is 0.473. The number of para-hydroxylation sites is 2. The molecule has 0 aliphatic carbocycles. The van der Waals surface area contributed by atoms with E-state index in [0.29, 0.717) is 12.2 Å². The first-order chi connectivity index (χ1) is 10.3. The van der Waals surface area contributed by atoms with Crippen molar-refractivity contribution in [3.05, 3.63) is 42.5 Å². The highest BCUT2D eigenvalue weighted by atomic mass is 16.6. The minimum atomic E-state index is -0.528. The third-order valence-corrected chi connectivity index (χ3v) is 2.92. The fourth-order valence-electron chi connectivity index (χ4n) is 1.90. The smallest absolute Gasteiger partial charge is 0.412 e. The van der Waals surface area contributed by atoms with E-state index in [0.717, 1.165) is 11.5 Å². The van der Waals surface area contributed by atoms with Gasteiger partial charge < -0.3 is 14.6 Å². The molecule has 0 saturated heterocycles. The fourth-order valence-corrected chi connectivity index (χ4v) is 1.90. The molecule has 0 atom stereocenters. The van der Waals surface area contributed by atoms with Gasteiger partial charge in [-0.25, -0.2) is 9.78 Å². The molecule has 22 heavy (non-hydrogen) atoms. The Labute approximate surface area is 130 Å². The zero-order valence-electron chi connectivity index (χ0n) is 13.4. The topological polar surface area (TPSA) is 68.2 Å². The predicted molar refractivity (Wildman–Crippen MR) is 86.8 cm³/mol. The van der Waals surface area contributed by atoms with Crippen molar-refractivity contribution >= 4 is 17.5 Å². The second kappa shape index (κ2) is 6.51. The number of imidazole rings is 1. The molecule has 0 bridgehead atoms. The highest BCUT2D eigenvalue weighted by Crippen LogP contribution is 2.22. The van der Waals surface area contributed by atoms with Crippen LogP contribution in [0.5, 0.6) is 0 Å². The molecule has 2 aromatic rings. The number of carbonyl (C=O) groups excluding carboxylic acids is 1. The maximum atomic E-state index is 11.9. The van der Waals surface area contributed by atoms with Crippen LogP contribution in [0.1, 0.15) is 26.6 Å². The maximum absolute atomic E-state index is 11.9. The number of amides is 1. The van der Waals surface area contributed by atoms with Gasteiger partial charge in [-0.3, -0.25) is 5.32 Å². The van der Waals surface area contributed by atoms with Crippen molar-refractivity contribution in [3.63, 3.8) is 0 Å². The number of anilines is 2. The van der Waals surface area contributed by atoms with Crippen molar-refractivity contribution in [1.29, 1.82) is 0 Å². The lowest BCUT2D eigenvalue weighted by atomic mass is 10.2. The van der Waals surface area contributed by atoms with Gasteiger partial charge in [-0.05, 0) is 32.9 Å². The van der Waals surface area contributed by atoms with Crippen molar-refractivity contribution in [1.82, 2.24) is 9.55 Å².